The first-order chi connectivity index (χ1) is 10.7. The highest BCUT2D eigenvalue weighted by Gasteiger charge is 2.27. The lowest BCUT2D eigenvalue weighted by atomic mass is 9.92. The molecule has 4 heteroatoms. The number of allylic oxidation sites excluding steroid dienone is 1. The minimum Gasteiger partial charge on any atom is -0.343 e. The highest BCUT2D eigenvalue weighted by Crippen LogP contribution is 2.26. The lowest BCUT2D eigenvalue weighted by molar-refractivity contribution is -0.130. The monoisotopic (exact) mass is 304 g/mol. The Morgan fingerprint density at radius 3 is 2.55 bits per heavy atom. The molecule has 3 rings (SSSR count). The van der Waals surface area contributed by atoms with Gasteiger partial charge >= 0.3 is 0 Å². The molecule has 0 N–H and O–H groups in total. The van der Waals surface area contributed by atoms with E-state index in [1.54, 1.807) is 0 Å². The molecule has 2 heterocycles. The van der Waals surface area contributed by atoms with Gasteiger partial charge in [0.25, 0.3) is 0 Å². The molecule has 2 aliphatic heterocycles. The maximum absolute atomic E-state index is 12.5. The summed E-state index contributed by atoms with van der Waals surface area (Å²) in [4.78, 5) is 28.7. The molecule has 0 unspecified atom stereocenters. The molecule has 3 aliphatic rings. The third kappa shape index (κ3) is 3.71. The van der Waals surface area contributed by atoms with Crippen molar-refractivity contribution >= 4 is 11.8 Å². The fourth-order valence-electron chi connectivity index (χ4n) is 4.01. The Morgan fingerprint density at radius 1 is 1.05 bits per heavy atom. The molecular weight excluding hydrogens is 276 g/mol. The first-order valence-corrected chi connectivity index (χ1v) is 9.00. The first kappa shape index (κ1) is 15.6. The van der Waals surface area contributed by atoms with Crippen molar-refractivity contribution in [2.75, 3.05) is 26.2 Å². The molecule has 0 aromatic carbocycles. The summed E-state index contributed by atoms with van der Waals surface area (Å²) in [6, 6.07) is 0. The van der Waals surface area contributed by atoms with Crippen molar-refractivity contribution in [3.8, 4) is 0 Å². The lowest BCUT2D eigenvalue weighted by Gasteiger charge is -2.33. The quantitative estimate of drug-likeness (QED) is 0.801. The number of carbonyl (C=O) groups is 2. The van der Waals surface area contributed by atoms with E-state index in [2.05, 4.69) is 6.08 Å². The SMILES string of the molecule is O=C(CC[C@H]1CCCN(C(=O)C2=CCCC2)C1)N1CCCC1. The van der Waals surface area contributed by atoms with Crippen molar-refractivity contribution in [2.45, 2.75) is 57.8 Å². The maximum Gasteiger partial charge on any atom is 0.249 e. The highest BCUT2D eigenvalue weighted by molar-refractivity contribution is 5.93. The number of piperidine rings is 1. The fourth-order valence-corrected chi connectivity index (χ4v) is 4.01. The van der Waals surface area contributed by atoms with Gasteiger partial charge < -0.3 is 9.80 Å². The first-order valence-electron chi connectivity index (χ1n) is 9.00. The zero-order valence-electron chi connectivity index (χ0n) is 13.6. The van der Waals surface area contributed by atoms with Crippen LogP contribution in [0.15, 0.2) is 11.6 Å². The van der Waals surface area contributed by atoms with Crippen LogP contribution in [0, 0.1) is 5.92 Å². The Bertz CT molecular complexity index is 452. The average Bonchev–Trinajstić information content (AvgIpc) is 3.25. The topological polar surface area (TPSA) is 40.6 Å². The smallest absolute Gasteiger partial charge is 0.249 e. The summed E-state index contributed by atoms with van der Waals surface area (Å²) in [6.45, 7) is 3.64. The Balaban J connectivity index is 1.46. The van der Waals surface area contributed by atoms with Crippen LogP contribution in [0.1, 0.15) is 57.8 Å². The van der Waals surface area contributed by atoms with Gasteiger partial charge in [-0.05, 0) is 57.3 Å². The predicted molar refractivity (Wildman–Crippen MR) is 86.3 cm³/mol. The number of likely N-dealkylation sites (tertiary alicyclic amines) is 2. The van der Waals surface area contributed by atoms with Crippen LogP contribution < -0.4 is 0 Å². The van der Waals surface area contributed by atoms with Gasteiger partial charge in [0.15, 0.2) is 0 Å². The van der Waals surface area contributed by atoms with Crippen molar-refractivity contribution < 1.29 is 9.59 Å². The second-order valence-corrected chi connectivity index (χ2v) is 7.01. The van der Waals surface area contributed by atoms with E-state index in [1.165, 1.54) is 0 Å². The van der Waals surface area contributed by atoms with E-state index in [9.17, 15) is 9.59 Å². The average molecular weight is 304 g/mol. The van der Waals surface area contributed by atoms with Crippen molar-refractivity contribution in [3.63, 3.8) is 0 Å². The molecule has 1 atom stereocenters. The molecule has 0 radical (unpaired) electrons. The van der Waals surface area contributed by atoms with Gasteiger partial charge in [-0.2, -0.15) is 0 Å². The van der Waals surface area contributed by atoms with Crippen LogP contribution in [0.2, 0.25) is 0 Å². The molecular formula is C18H28N2O2. The van der Waals surface area contributed by atoms with E-state index in [0.717, 1.165) is 83.1 Å². The van der Waals surface area contributed by atoms with Crippen LogP contribution in [0.3, 0.4) is 0 Å². The van der Waals surface area contributed by atoms with Crippen LogP contribution in [0.4, 0.5) is 0 Å². The molecule has 0 aromatic heterocycles. The molecule has 0 spiro atoms. The Labute approximate surface area is 133 Å². The third-order valence-electron chi connectivity index (χ3n) is 5.35. The van der Waals surface area contributed by atoms with Gasteiger partial charge in [0.2, 0.25) is 11.8 Å². The molecule has 1 aliphatic carbocycles. The van der Waals surface area contributed by atoms with Gasteiger partial charge in [0, 0.05) is 38.2 Å². The minimum atomic E-state index is 0.257. The largest absolute Gasteiger partial charge is 0.343 e. The second kappa shape index (κ2) is 7.30. The Kier molecular flexibility index (Phi) is 5.16. The van der Waals surface area contributed by atoms with E-state index in [-0.39, 0.29) is 5.91 Å². The van der Waals surface area contributed by atoms with Crippen molar-refractivity contribution in [3.05, 3.63) is 11.6 Å². The van der Waals surface area contributed by atoms with Crippen LogP contribution in [-0.2, 0) is 9.59 Å². The Hall–Kier alpha value is -1.32. The van der Waals surface area contributed by atoms with Crippen LogP contribution in [0.5, 0.6) is 0 Å². The standard InChI is InChI=1S/C18H28N2O2/c21-17(19-11-3-4-12-19)10-9-15-6-5-13-20(14-15)18(22)16-7-1-2-8-16/h7,15H,1-6,8-14H2/t15-/m1/s1. The van der Waals surface area contributed by atoms with Gasteiger partial charge in [0.1, 0.15) is 0 Å². The summed E-state index contributed by atoms with van der Waals surface area (Å²) in [5.74, 6) is 1.08. The van der Waals surface area contributed by atoms with Gasteiger partial charge in [-0.25, -0.2) is 0 Å². The van der Waals surface area contributed by atoms with Gasteiger partial charge in [-0.3, -0.25) is 9.59 Å². The van der Waals surface area contributed by atoms with Crippen LogP contribution >= 0.6 is 0 Å². The minimum absolute atomic E-state index is 0.257. The van der Waals surface area contributed by atoms with E-state index in [0.29, 0.717) is 18.2 Å². The predicted octanol–water partition coefficient (Wildman–Crippen LogP) is 2.74. The number of hydrogen-bond donors (Lipinski definition) is 0. The van der Waals surface area contributed by atoms with Crippen LogP contribution in [-0.4, -0.2) is 47.8 Å². The molecule has 122 valence electrons. The van der Waals surface area contributed by atoms with Gasteiger partial charge in [-0.15, -0.1) is 0 Å². The zero-order chi connectivity index (χ0) is 15.4. The van der Waals surface area contributed by atoms with Crippen molar-refractivity contribution in [1.82, 2.24) is 9.80 Å². The summed E-state index contributed by atoms with van der Waals surface area (Å²) in [7, 11) is 0. The van der Waals surface area contributed by atoms with E-state index < -0.39 is 0 Å². The van der Waals surface area contributed by atoms with E-state index in [4.69, 9.17) is 0 Å². The van der Waals surface area contributed by atoms with E-state index >= 15 is 0 Å². The number of carbonyl (C=O) groups excluding carboxylic acids is 2. The van der Waals surface area contributed by atoms with Gasteiger partial charge in [-0.1, -0.05) is 6.08 Å². The lowest BCUT2D eigenvalue weighted by Crippen LogP contribution is -2.40. The molecule has 0 aromatic rings. The number of nitrogens with zero attached hydrogens (tertiary/aromatic N) is 2. The summed E-state index contributed by atoms with van der Waals surface area (Å²) >= 11 is 0. The highest BCUT2D eigenvalue weighted by atomic mass is 16.2. The molecule has 2 fully saturated rings. The second-order valence-electron chi connectivity index (χ2n) is 7.01. The van der Waals surface area contributed by atoms with Crippen molar-refractivity contribution in [2.24, 2.45) is 5.92 Å². The normalized spacial score (nSPS) is 25.5. The number of hydrogen-bond acceptors (Lipinski definition) is 2. The fraction of sp³-hybridized carbons (Fsp3) is 0.778. The maximum atomic E-state index is 12.5. The summed E-state index contributed by atoms with van der Waals surface area (Å²) in [5.41, 5.74) is 1.02. The number of amides is 2. The third-order valence-corrected chi connectivity index (χ3v) is 5.35. The van der Waals surface area contributed by atoms with Crippen LogP contribution in [0.25, 0.3) is 0 Å². The molecule has 22 heavy (non-hydrogen) atoms. The molecule has 0 bridgehead atoms. The zero-order valence-corrected chi connectivity index (χ0v) is 13.6. The summed E-state index contributed by atoms with van der Waals surface area (Å²) in [6.07, 6.45) is 11.4. The molecule has 0 saturated carbocycles. The van der Waals surface area contributed by atoms with Crippen molar-refractivity contribution in [1.29, 1.82) is 0 Å². The Morgan fingerprint density at radius 2 is 1.82 bits per heavy atom. The number of rotatable bonds is 4. The van der Waals surface area contributed by atoms with E-state index in [1.807, 2.05) is 9.80 Å². The molecule has 2 saturated heterocycles. The summed E-state index contributed by atoms with van der Waals surface area (Å²) < 4.78 is 0. The molecule has 4 nitrogen and oxygen atoms in total. The summed E-state index contributed by atoms with van der Waals surface area (Å²) in [5, 5.41) is 0. The van der Waals surface area contributed by atoms with Gasteiger partial charge in [0.05, 0.1) is 0 Å². The molecule has 2 amide bonds.